The number of hydrogen-bond donors (Lipinski definition) is 0. The van der Waals surface area contributed by atoms with Crippen LogP contribution in [0.4, 0.5) is 0 Å². The monoisotopic (exact) mass is 455 g/mol. The fourth-order valence-corrected chi connectivity index (χ4v) is 3.61. The number of fused-ring (bicyclic) bond motifs is 1. The standard InChI is InChI=1S/C22H18BrNO5/c1-13-9-18(19(25)11-27-22(26)15-3-5-16(23)6-4-15)14(2)24(13)17-7-8-20-21(10-17)29-12-28-20/h3-10H,11-12H2,1-2H3. The summed E-state index contributed by atoms with van der Waals surface area (Å²) in [4.78, 5) is 24.9. The quantitative estimate of drug-likeness (QED) is 0.414. The van der Waals surface area contributed by atoms with Gasteiger partial charge in [0.1, 0.15) is 0 Å². The molecular formula is C22H18BrNO5. The number of aromatic nitrogens is 1. The largest absolute Gasteiger partial charge is 0.454 e. The molecule has 3 aromatic rings. The Kier molecular flexibility index (Phi) is 5.15. The molecule has 1 aliphatic heterocycles. The lowest BCUT2D eigenvalue weighted by atomic mass is 10.1. The Labute approximate surface area is 176 Å². The number of benzene rings is 2. The zero-order valence-corrected chi connectivity index (χ0v) is 17.5. The van der Waals surface area contributed by atoms with Gasteiger partial charge in [-0.3, -0.25) is 4.79 Å². The van der Waals surface area contributed by atoms with Crippen LogP contribution in [0, 0.1) is 13.8 Å². The molecule has 0 aliphatic carbocycles. The molecule has 0 amide bonds. The van der Waals surface area contributed by atoms with Crippen molar-refractivity contribution in [1.29, 1.82) is 0 Å². The Hall–Kier alpha value is -3.06. The fraction of sp³-hybridized carbons (Fsp3) is 0.182. The first kappa shape index (κ1) is 19.3. The number of ether oxygens (including phenoxy) is 3. The van der Waals surface area contributed by atoms with E-state index in [1.54, 1.807) is 30.3 Å². The van der Waals surface area contributed by atoms with Crippen LogP contribution < -0.4 is 9.47 Å². The Bertz CT molecular complexity index is 1100. The Morgan fingerprint density at radius 3 is 2.52 bits per heavy atom. The smallest absolute Gasteiger partial charge is 0.338 e. The summed E-state index contributed by atoms with van der Waals surface area (Å²) in [6, 6.07) is 14.2. The summed E-state index contributed by atoms with van der Waals surface area (Å²) in [5.74, 6) is 0.588. The van der Waals surface area contributed by atoms with Gasteiger partial charge in [0.15, 0.2) is 18.1 Å². The lowest BCUT2D eigenvalue weighted by molar-refractivity contribution is 0.0474. The van der Waals surface area contributed by atoms with E-state index in [2.05, 4.69) is 15.9 Å². The number of aryl methyl sites for hydroxylation is 1. The molecule has 0 unspecified atom stereocenters. The van der Waals surface area contributed by atoms with Crippen molar-refractivity contribution in [1.82, 2.24) is 4.57 Å². The van der Waals surface area contributed by atoms with E-state index in [9.17, 15) is 9.59 Å². The first-order chi connectivity index (χ1) is 13.9. The topological polar surface area (TPSA) is 66.8 Å². The van der Waals surface area contributed by atoms with Gasteiger partial charge in [-0.2, -0.15) is 0 Å². The van der Waals surface area contributed by atoms with Crippen LogP contribution in [0.15, 0.2) is 53.0 Å². The molecule has 0 saturated heterocycles. The van der Waals surface area contributed by atoms with Crippen molar-refractivity contribution in [3.05, 3.63) is 75.5 Å². The molecule has 0 fully saturated rings. The van der Waals surface area contributed by atoms with Gasteiger partial charge in [-0.25, -0.2) is 4.79 Å². The molecule has 7 heteroatoms. The van der Waals surface area contributed by atoms with Crippen LogP contribution in [-0.2, 0) is 4.74 Å². The van der Waals surface area contributed by atoms with Gasteiger partial charge in [-0.05, 0) is 56.3 Å². The second-order valence-electron chi connectivity index (χ2n) is 6.66. The molecule has 0 atom stereocenters. The summed E-state index contributed by atoms with van der Waals surface area (Å²) in [6.45, 7) is 3.67. The number of halogens is 1. The molecule has 1 aromatic heterocycles. The summed E-state index contributed by atoms with van der Waals surface area (Å²) in [7, 11) is 0. The molecule has 0 bridgehead atoms. The number of nitrogens with zero attached hydrogens (tertiary/aromatic N) is 1. The van der Waals surface area contributed by atoms with Crippen molar-refractivity contribution in [3.8, 4) is 17.2 Å². The third-order valence-electron chi connectivity index (χ3n) is 4.76. The maximum Gasteiger partial charge on any atom is 0.338 e. The van der Waals surface area contributed by atoms with Crippen molar-refractivity contribution in [2.75, 3.05) is 13.4 Å². The molecule has 1 aliphatic rings. The second-order valence-corrected chi connectivity index (χ2v) is 7.58. The van der Waals surface area contributed by atoms with E-state index in [0.29, 0.717) is 22.6 Å². The molecule has 0 saturated carbocycles. The highest BCUT2D eigenvalue weighted by molar-refractivity contribution is 9.10. The highest BCUT2D eigenvalue weighted by atomic mass is 79.9. The average molecular weight is 456 g/mol. The first-order valence-corrected chi connectivity index (χ1v) is 9.78. The van der Waals surface area contributed by atoms with Crippen molar-refractivity contribution in [2.45, 2.75) is 13.8 Å². The summed E-state index contributed by atoms with van der Waals surface area (Å²) in [6.07, 6.45) is 0. The number of rotatable bonds is 5. The Morgan fingerprint density at radius 1 is 1.03 bits per heavy atom. The number of hydrogen-bond acceptors (Lipinski definition) is 5. The maximum atomic E-state index is 12.7. The van der Waals surface area contributed by atoms with Gasteiger partial charge in [0.2, 0.25) is 12.6 Å². The van der Waals surface area contributed by atoms with Crippen molar-refractivity contribution in [3.63, 3.8) is 0 Å². The van der Waals surface area contributed by atoms with Gasteiger partial charge in [0.05, 0.1) is 5.56 Å². The van der Waals surface area contributed by atoms with Crippen LogP contribution in [0.3, 0.4) is 0 Å². The van der Waals surface area contributed by atoms with E-state index >= 15 is 0 Å². The minimum Gasteiger partial charge on any atom is -0.454 e. The molecule has 0 N–H and O–H groups in total. The van der Waals surface area contributed by atoms with Gasteiger partial charge in [-0.15, -0.1) is 0 Å². The van der Waals surface area contributed by atoms with Gasteiger partial charge < -0.3 is 18.8 Å². The van der Waals surface area contributed by atoms with Crippen LogP contribution in [0.25, 0.3) is 5.69 Å². The lowest BCUT2D eigenvalue weighted by Gasteiger charge is -2.11. The van der Waals surface area contributed by atoms with E-state index in [0.717, 1.165) is 21.5 Å². The normalized spacial score (nSPS) is 12.1. The molecular weight excluding hydrogens is 438 g/mol. The van der Waals surface area contributed by atoms with Crippen molar-refractivity contribution < 1.29 is 23.8 Å². The third-order valence-corrected chi connectivity index (χ3v) is 5.29. The molecule has 2 aromatic carbocycles. The Balaban J connectivity index is 1.52. The molecule has 0 spiro atoms. The Morgan fingerprint density at radius 2 is 1.76 bits per heavy atom. The van der Waals surface area contributed by atoms with E-state index < -0.39 is 5.97 Å². The highest BCUT2D eigenvalue weighted by Gasteiger charge is 2.20. The molecule has 4 rings (SSSR count). The zero-order chi connectivity index (χ0) is 20.5. The van der Waals surface area contributed by atoms with Gasteiger partial charge in [-0.1, -0.05) is 15.9 Å². The summed E-state index contributed by atoms with van der Waals surface area (Å²) >= 11 is 3.32. The minimum absolute atomic E-state index is 0.204. The highest BCUT2D eigenvalue weighted by Crippen LogP contribution is 2.35. The molecule has 29 heavy (non-hydrogen) atoms. The van der Waals surface area contributed by atoms with E-state index in [1.165, 1.54) is 0 Å². The number of carbonyl (C=O) groups is 2. The molecule has 2 heterocycles. The first-order valence-electron chi connectivity index (χ1n) is 8.99. The van der Waals surface area contributed by atoms with Gasteiger partial charge in [0, 0.05) is 33.2 Å². The molecule has 148 valence electrons. The zero-order valence-electron chi connectivity index (χ0n) is 15.9. The van der Waals surface area contributed by atoms with Crippen LogP contribution in [0.2, 0.25) is 0 Å². The van der Waals surface area contributed by atoms with Gasteiger partial charge >= 0.3 is 5.97 Å². The minimum atomic E-state index is -0.532. The van der Waals surface area contributed by atoms with Crippen molar-refractivity contribution in [2.24, 2.45) is 0 Å². The summed E-state index contributed by atoms with van der Waals surface area (Å²) < 4.78 is 18.8. The fourth-order valence-electron chi connectivity index (χ4n) is 3.34. The molecule has 6 nitrogen and oxygen atoms in total. The van der Waals surface area contributed by atoms with E-state index in [4.69, 9.17) is 14.2 Å². The predicted octanol–water partition coefficient (Wildman–Crippen LogP) is 4.63. The van der Waals surface area contributed by atoms with Crippen LogP contribution in [0.5, 0.6) is 11.5 Å². The van der Waals surface area contributed by atoms with Crippen molar-refractivity contribution >= 4 is 27.7 Å². The van der Waals surface area contributed by atoms with E-state index in [1.807, 2.05) is 36.6 Å². The average Bonchev–Trinajstić information content (AvgIpc) is 3.29. The second kappa shape index (κ2) is 7.75. The van der Waals surface area contributed by atoms with Crippen LogP contribution >= 0.6 is 15.9 Å². The maximum absolute atomic E-state index is 12.7. The van der Waals surface area contributed by atoms with Crippen LogP contribution in [-0.4, -0.2) is 29.7 Å². The number of esters is 1. The lowest BCUT2D eigenvalue weighted by Crippen LogP contribution is -2.15. The number of ketones is 1. The number of carbonyl (C=O) groups excluding carboxylic acids is 2. The van der Waals surface area contributed by atoms with Crippen LogP contribution in [0.1, 0.15) is 32.1 Å². The van der Waals surface area contributed by atoms with Gasteiger partial charge in [0.25, 0.3) is 0 Å². The predicted molar refractivity (Wildman–Crippen MR) is 110 cm³/mol. The molecule has 0 radical (unpaired) electrons. The third kappa shape index (κ3) is 3.78. The number of Topliss-reactive ketones (excluding diaryl/α,β-unsaturated/α-hetero) is 1. The summed E-state index contributed by atoms with van der Waals surface area (Å²) in [5.41, 5.74) is 3.45. The SMILES string of the molecule is Cc1cc(C(=O)COC(=O)c2ccc(Br)cc2)c(C)n1-c1ccc2c(c1)OCO2. The van der Waals surface area contributed by atoms with E-state index in [-0.39, 0.29) is 19.2 Å². The summed E-state index contributed by atoms with van der Waals surface area (Å²) in [5, 5.41) is 0.